The van der Waals surface area contributed by atoms with Crippen molar-refractivity contribution in [3.05, 3.63) is 0 Å². The standard InChI is InChI=1S/C10H20O2/c1-7-6-8(2)12-9(11-7)10(3,4)5/h7-9H,6H2,1-5H3/t7-,8-/m0/s1. The fourth-order valence-electron chi connectivity index (χ4n) is 1.44. The van der Waals surface area contributed by atoms with Gasteiger partial charge in [0, 0.05) is 5.41 Å². The molecule has 0 aromatic heterocycles. The van der Waals surface area contributed by atoms with E-state index in [-0.39, 0.29) is 11.7 Å². The maximum atomic E-state index is 5.70. The fourth-order valence-corrected chi connectivity index (χ4v) is 1.44. The van der Waals surface area contributed by atoms with E-state index >= 15 is 0 Å². The molecule has 0 N–H and O–H groups in total. The molecule has 0 aromatic rings. The van der Waals surface area contributed by atoms with E-state index in [4.69, 9.17) is 9.47 Å². The van der Waals surface area contributed by atoms with Gasteiger partial charge in [-0.1, -0.05) is 20.8 Å². The van der Waals surface area contributed by atoms with Gasteiger partial charge in [-0.15, -0.1) is 0 Å². The highest BCUT2D eigenvalue weighted by molar-refractivity contribution is 4.74. The first kappa shape index (κ1) is 10.0. The van der Waals surface area contributed by atoms with Gasteiger partial charge < -0.3 is 9.47 Å². The maximum Gasteiger partial charge on any atom is 0.163 e. The molecule has 1 aliphatic heterocycles. The molecule has 0 aliphatic carbocycles. The molecule has 72 valence electrons. The van der Waals surface area contributed by atoms with E-state index in [1.165, 1.54) is 0 Å². The molecule has 1 rings (SSSR count). The molecule has 0 unspecified atom stereocenters. The van der Waals surface area contributed by atoms with E-state index in [0.29, 0.717) is 12.2 Å². The minimum atomic E-state index is -0.0451. The lowest BCUT2D eigenvalue weighted by molar-refractivity contribution is -0.271. The van der Waals surface area contributed by atoms with Gasteiger partial charge in [0.25, 0.3) is 0 Å². The fraction of sp³-hybridized carbons (Fsp3) is 1.00. The molecular weight excluding hydrogens is 152 g/mol. The highest BCUT2D eigenvalue weighted by Gasteiger charge is 2.33. The van der Waals surface area contributed by atoms with Gasteiger partial charge in [-0.2, -0.15) is 0 Å². The van der Waals surface area contributed by atoms with Gasteiger partial charge in [-0.3, -0.25) is 0 Å². The van der Waals surface area contributed by atoms with Crippen LogP contribution in [0.25, 0.3) is 0 Å². The zero-order chi connectivity index (χ0) is 9.35. The summed E-state index contributed by atoms with van der Waals surface area (Å²) >= 11 is 0. The first-order chi connectivity index (χ1) is 5.39. The summed E-state index contributed by atoms with van der Waals surface area (Å²) in [6, 6.07) is 0. The van der Waals surface area contributed by atoms with E-state index in [9.17, 15) is 0 Å². The van der Waals surface area contributed by atoms with Crippen LogP contribution < -0.4 is 0 Å². The van der Waals surface area contributed by atoms with Crippen LogP contribution in [0, 0.1) is 5.41 Å². The van der Waals surface area contributed by atoms with Gasteiger partial charge in [0.15, 0.2) is 6.29 Å². The summed E-state index contributed by atoms with van der Waals surface area (Å²) in [7, 11) is 0. The second-order valence-electron chi connectivity index (χ2n) is 4.83. The van der Waals surface area contributed by atoms with Crippen LogP contribution in [0.5, 0.6) is 0 Å². The highest BCUT2D eigenvalue weighted by Crippen LogP contribution is 2.30. The SMILES string of the molecule is C[C@H]1C[C@H](C)OC(C(C)(C)C)O1. The Kier molecular flexibility index (Phi) is 2.79. The third-order valence-corrected chi connectivity index (χ3v) is 2.08. The quantitative estimate of drug-likeness (QED) is 0.559. The van der Waals surface area contributed by atoms with Crippen molar-refractivity contribution in [2.24, 2.45) is 5.41 Å². The zero-order valence-electron chi connectivity index (χ0n) is 8.76. The van der Waals surface area contributed by atoms with Gasteiger partial charge >= 0.3 is 0 Å². The molecule has 2 heteroatoms. The molecule has 1 saturated heterocycles. The Labute approximate surface area is 75.2 Å². The zero-order valence-corrected chi connectivity index (χ0v) is 8.76. The van der Waals surface area contributed by atoms with Gasteiger partial charge in [0.05, 0.1) is 12.2 Å². The predicted octanol–water partition coefficient (Wildman–Crippen LogP) is 2.57. The first-order valence-corrected chi connectivity index (χ1v) is 4.70. The molecule has 0 radical (unpaired) electrons. The summed E-state index contributed by atoms with van der Waals surface area (Å²) in [5.41, 5.74) is 0.0862. The Morgan fingerprint density at radius 1 is 1.00 bits per heavy atom. The molecule has 0 amide bonds. The average Bonchev–Trinajstić information content (AvgIpc) is 1.82. The summed E-state index contributed by atoms with van der Waals surface area (Å²) in [4.78, 5) is 0. The monoisotopic (exact) mass is 172 g/mol. The van der Waals surface area contributed by atoms with Crippen molar-refractivity contribution < 1.29 is 9.47 Å². The third-order valence-electron chi connectivity index (χ3n) is 2.08. The summed E-state index contributed by atoms with van der Waals surface area (Å²) in [5.74, 6) is 0. The van der Waals surface area contributed by atoms with E-state index < -0.39 is 0 Å². The Hall–Kier alpha value is -0.0800. The van der Waals surface area contributed by atoms with Gasteiger partial charge in [-0.25, -0.2) is 0 Å². The highest BCUT2D eigenvalue weighted by atomic mass is 16.7. The van der Waals surface area contributed by atoms with Crippen LogP contribution >= 0.6 is 0 Å². The molecule has 1 fully saturated rings. The van der Waals surface area contributed by atoms with Crippen molar-refractivity contribution in [3.8, 4) is 0 Å². The number of ether oxygens (including phenoxy) is 2. The van der Waals surface area contributed by atoms with Crippen molar-refractivity contribution >= 4 is 0 Å². The van der Waals surface area contributed by atoms with Crippen LogP contribution in [0.3, 0.4) is 0 Å². The maximum absolute atomic E-state index is 5.70. The molecule has 1 heterocycles. The molecule has 0 aromatic carbocycles. The van der Waals surface area contributed by atoms with Crippen molar-refractivity contribution in [2.45, 2.75) is 59.5 Å². The second-order valence-corrected chi connectivity index (χ2v) is 4.83. The Balaban J connectivity index is 2.55. The molecule has 2 atom stereocenters. The summed E-state index contributed by atoms with van der Waals surface area (Å²) < 4.78 is 11.4. The van der Waals surface area contributed by atoms with E-state index in [1.807, 2.05) is 0 Å². The first-order valence-electron chi connectivity index (χ1n) is 4.70. The molecule has 12 heavy (non-hydrogen) atoms. The van der Waals surface area contributed by atoms with Crippen LogP contribution in [-0.4, -0.2) is 18.5 Å². The lowest BCUT2D eigenvalue weighted by Gasteiger charge is -2.39. The minimum Gasteiger partial charge on any atom is -0.349 e. The second kappa shape index (κ2) is 3.35. The van der Waals surface area contributed by atoms with Crippen molar-refractivity contribution in [1.29, 1.82) is 0 Å². The van der Waals surface area contributed by atoms with Crippen LogP contribution in [0.2, 0.25) is 0 Å². The van der Waals surface area contributed by atoms with Crippen LogP contribution in [0.4, 0.5) is 0 Å². The van der Waals surface area contributed by atoms with Gasteiger partial charge in [0.2, 0.25) is 0 Å². The molecule has 0 bridgehead atoms. The van der Waals surface area contributed by atoms with E-state index in [0.717, 1.165) is 6.42 Å². The number of hydrogen-bond acceptors (Lipinski definition) is 2. The molecule has 2 nitrogen and oxygen atoms in total. The Morgan fingerprint density at radius 3 is 1.75 bits per heavy atom. The Morgan fingerprint density at radius 2 is 1.42 bits per heavy atom. The van der Waals surface area contributed by atoms with Gasteiger partial charge in [0.1, 0.15) is 0 Å². The van der Waals surface area contributed by atoms with Crippen molar-refractivity contribution in [2.75, 3.05) is 0 Å². The molecule has 0 spiro atoms. The normalized spacial score (nSPS) is 38.2. The summed E-state index contributed by atoms with van der Waals surface area (Å²) in [5, 5.41) is 0. The molecule has 1 aliphatic rings. The van der Waals surface area contributed by atoms with Crippen LogP contribution in [0.15, 0.2) is 0 Å². The van der Waals surface area contributed by atoms with Gasteiger partial charge in [-0.05, 0) is 20.3 Å². The lowest BCUT2D eigenvalue weighted by atomic mass is 9.94. The predicted molar refractivity (Wildman–Crippen MR) is 49.0 cm³/mol. The van der Waals surface area contributed by atoms with E-state index in [2.05, 4.69) is 34.6 Å². The number of rotatable bonds is 0. The minimum absolute atomic E-state index is 0.0451. The van der Waals surface area contributed by atoms with Crippen LogP contribution in [-0.2, 0) is 9.47 Å². The third kappa shape index (κ3) is 2.46. The average molecular weight is 172 g/mol. The largest absolute Gasteiger partial charge is 0.349 e. The number of hydrogen-bond donors (Lipinski definition) is 0. The summed E-state index contributed by atoms with van der Waals surface area (Å²) in [6.45, 7) is 10.6. The smallest absolute Gasteiger partial charge is 0.163 e. The molecular formula is C10H20O2. The van der Waals surface area contributed by atoms with Crippen molar-refractivity contribution in [3.63, 3.8) is 0 Å². The molecule has 0 saturated carbocycles. The Bertz CT molecular complexity index is 138. The van der Waals surface area contributed by atoms with Crippen molar-refractivity contribution in [1.82, 2.24) is 0 Å². The lowest BCUT2D eigenvalue weighted by Crippen LogP contribution is -2.42. The van der Waals surface area contributed by atoms with E-state index in [1.54, 1.807) is 0 Å². The summed E-state index contributed by atoms with van der Waals surface area (Å²) in [6.07, 6.45) is 1.62. The van der Waals surface area contributed by atoms with Crippen LogP contribution in [0.1, 0.15) is 41.0 Å². The topological polar surface area (TPSA) is 18.5 Å².